The van der Waals surface area contributed by atoms with Gasteiger partial charge in [-0.15, -0.1) is 0 Å². The molecule has 0 bridgehead atoms. The lowest BCUT2D eigenvalue weighted by Gasteiger charge is -2.21. The predicted octanol–water partition coefficient (Wildman–Crippen LogP) is 4.70. The van der Waals surface area contributed by atoms with Gasteiger partial charge in [-0.3, -0.25) is 4.79 Å². The standard InChI is InChI=1S/C23H25ClN4OS/c1-2-17-4-8-19(9-5-17)22(29)27-12-3-13-28(15-14-27)23-25-21(26-30-23)16-18-6-10-20(24)11-7-18/h4-11H,2-3,12-16H2,1H3. The van der Waals surface area contributed by atoms with E-state index in [0.29, 0.717) is 13.0 Å². The zero-order chi connectivity index (χ0) is 20.9. The molecule has 30 heavy (non-hydrogen) atoms. The third kappa shape index (κ3) is 4.99. The van der Waals surface area contributed by atoms with Crippen LogP contribution in [-0.4, -0.2) is 46.3 Å². The Bertz CT molecular complexity index is 987. The van der Waals surface area contributed by atoms with Crippen LogP contribution in [0.1, 0.15) is 40.7 Å². The Morgan fingerprint density at radius 1 is 1.00 bits per heavy atom. The summed E-state index contributed by atoms with van der Waals surface area (Å²) in [6, 6.07) is 15.8. The molecule has 0 spiro atoms. The minimum atomic E-state index is 0.111. The normalized spacial score (nSPS) is 14.6. The van der Waals surface area contributed by atoms with Crippen LogP contribution in [0.2, 0.25) is 5.02 Å². The number of aryl methyl sites for hydroxylation is 1. The van der Waals surface area contributed by atoms with Gasteiger partial charge in [-0.05, 0) is 48.2 Å². The van der Waals surface area contributed by atoms with Crippen molar-refractivity contribution >= 4 is 34.2 Å². The van der Waals surface area contributed by atoms with Crippen molar-refractivity contribution in [2.24, 2.45) is 0 Å². The lowest BCUT2D eigenvalue weighted by atomic mass is 10.1. The Morgan fingerprint density at radius 3 is 2.47 bits per heavy atom. The van der Waals surface area contributed by atoms with Crippen LogP contribution in [0.15, 0.2) is 48.5 Å². The summed E-state index contributed by atoms with van der Waals surface area (Å²) in [4.78, 5) is 21.8. The second-order valence-electron chi connectivity index (χ2n) is 7.48. The molecule has 1 aromatic heterocycles. The van der Waals surface area contributed by atoms with Gasteiger partial charge in [0.25, 0.3) is 5.91 Å². The van der Waals surface area contributed by atoms with Crippen molar-refractivity contribution < 1.29 is 4.79 Å². The summed E-state index contributed by atoms with van der Waals surface area (Å²) in [6.07, 6.45) is 2.60. The van der Waals surface area contributed by atoms with Crippen LogP contribution in [0, 0.1) is 0 Å². The molecule has 3 aromatic rings. The molecular weight excluding hydrogens is 416 g/mol. The number of rotatable bonds is 5. The topological polar surface area (TPSA) is 49.3 Å². The SMILES string of the molecule is CCc1ccc(C(=O)N2CCCN(c3nc(Cc4ccc(Cl)cc4)ns3)CC2)cc1. The van der Waals surface area contributed by atoms with E-state index >= 15 is 0 Å². The van der Waals surface area contributed by atoms with Gasteiger partial charge in [0.05, 0.1) is 0 Å². The third-order valence-electron chi connectivity index (χ3n) is 5.40. The van der Waals surface area contributed by atoms with E-state index < -0.39 is 0 Å². The molecule has 2 heterocycles. The maximum absolute atomic E-state index is 12.9. The molecule has 5 nitrogen and oxygen atoms in total. The first-order valence-corrected chi connectivity index (χ1v) is 11.5. The number of carbonyl (C=O) groups excluding carboxylic acids is 1. The number of hydrogen-bond donors (Lipinski definition) is 0. The number of halogens is 1. The quantitative estimate of drug-likeness (QED) is 0.577. The predicted molar refractivity (Wildman–Crippen MR) is 123 cm³/mol. The number of hydrogen-bond acceptors (Lipinski definition) is 5. The molecule has 0 saturated carbocycles. The first-order chi connectivity index (χ1) is 14.6. The third-order valence-corrected chi connectivity index (χ3v) is 6.46. The smallest absolute Gasteiger partial charge is 0.253 e. The number of nitrogens with zero attached hydrogens (tertiary/aromatic N) is 4. The van der Waals surface area contributed by atoms with Gasteiger partial charge >= 0.3 is 0 Å². The lowest BCUT2D eigenvalue weighted by molar-refractivity contribution is 0.0767. The lowest BCUT2D eigenvalue weighted by Crippen LogP contribution is -2.35. The molecule has 2 aromatic carbocycles. The number of carbonyl (C=O) groups is 1. The van der Waals surface area contributed by atoms with Crippen LogP contribution in [0.5, 0.6) is 0 Å². The monoisotopic (exact) mass is 440 g/mol. The van der Waals surface area contributed by atoms with Gasteiger partial charge in [-0.1, -0.05) is 42.8 Å². The minimum Gasteiger partial charge on any atom is -0.345 e. The van der Waals surface area contributed by atoms with E-state index in [-0.39, 0.29) is 5.91 Å². The van der Waals surface area contributed by atoms with E-state index in [1.54, 1.807) is 0 Å². The van der Waals surface area contributed by atoms with Gasteiger partial charge in [0.2, 0.25) is 5.13 Å². The molecule has 1 aliphatic heterocycles. The Hall–Kier alpha value is -2.44. The highest BCUT2D eigenvalue weighted by atomic mass is 35.5. The summed E-state index contributed by atoms with van der Waals surface area (Å²) in [6.45, 7) is 5.23. The summed E-state index contributed by atoms with van der Waals surface area (Å²) >= 11 is 7.39. The molecule has 0 radical (unpaired) electrons. The molecule has 1 saturated heterocycles. The van der Waals surface area contributed by atoms with E-state index in [1.807, 2.05) is 53.4 Å². The highest BCUT2D eigenvalue weighted by molar-refractivity contribution is 7.09. The van der Waals surface area contributed by atoms with Crippen molar-refractivity contribution in [3.63, 3.8) is 0 Å². The van der Waals surface area contributed by atoms with Crippen molar-refractivity contribution in [2.45, 2.75) is 26.2 Å². The van der Waals surface area contributed by atoms with Crippen LogP contribution in [0.25, 0.3) is 0 Å². The fraction of sp³-hybridized carbons (Fsp3) is 0.348. The second kappa shape index (κ2) is 9.58. The zero-order valence-corrected chi connectivity index (χ0v) is 18.6. The van der Waals surface area contributed by atoms with Crippen LogP contribution >= 0.6 is 23.1 Å². The molecule has 0 atom stereocenters. The highest BCUT2D eigenvalue weighted by Crippen LogP contribution is 2.22. The minimum absolute atomic E-state index is 0.111. The number of anilines is 1. The number of amides is 1. The maximum Gasteiger partial charge on any atom is 0.253 e. The van der Waals surface area contributed by atoms with E-state index in [4.69, 9.17) is 16.6 Å². The Balaban J connectivity index is 1.37. The fourth-order valence-electron chi connectivity index (χ4n) is 3.61. The molecule has 156 valence electrons. The molecule has 0 N–H and O–H groups in total. The van der Waals surface area contributed by atoms with Crippen molar-refractivity contribution in [3.8, 4) is 0 Å². The molecule has 0 unspecified atom stereocenters. The molecule has 1 fully saturated rings. The first-order valence-electron chi connectivity index (χ1n) is 10.3. The van der Waals surface area contributed by atoms with Crippen molar-refractivity contribution in [1.29, 1.82) is 0 Å². The van der Waals surface area contributed by atoms with E-state index in [0.717, 1.165) is 59.6 Å². The van der Waals surface area contributed by atoms with Crippen molar-refractivity contribution in [1.82, 2.24) is 14.3 Å². The molecule has 1 aliphatic rings. The molecule has 7 heteroatoms. The van der Waals surface area contributed by atoms with Gasteiger partial charge < -0.3 is 9.80 Å². The summed E-state index contributed by atoms with van der Waals surface area (Å²) in [5, 5.41) is 1.66. The summed E-state index contributed by atoms with van der Waals surface area (Å²) in [5.41, 5.74) is 3.16. The zero-order valence-electron chi connectivity index (χ0n) is 17.1. The number of benzene rings is 2. The van der Waals surface area contributed by atoms with Crippen LogP contribution in [0.3, 0.4) is 0 Å². The first kappa shape index (κ1) is 20.8. The Morgan fingerprint density at radius 2 is 1.73 bits per heavy atom. The Labute approximate surface area is 186 Å². The summed E-state index contributed by atoms with van der Waals surface area (Å²) in [7, 11) is 0. The van der Waals surface area contributed by atoms with Gasteiger partial charge in [-0.2, -0.15) is 4.37 Å². The highest BCUT2D eigenvalue weighted by Gasteiger charge is 2.22. The van der Waals surface area contributed by atoms with Gasteiger partial charge in [0.15, 0.2) is 0 Å². The largest absolute Gasteiger partial charge is 0.345 e. The fourth-order valence-corrected chi connectivity index (χ4v) is 4.47. The van der Waals surface area contributed by atoms with Gasteiger partial charge in [0, 0.05) is 54.7 Å². The Kier molecular flexibility index (Phi) is 6.65. The number of aromatic nitrogens is 2. The van der Waals surface area contributed by atoms with Crippen LogP contribution in [0.4, 0.5) is 5.13 Å². The summed E-state index contributed by atoms with van der Waals surface area (Å²) in [5.74, 6) is 0.936. The average molecular weight is 441 g/mol. The van der Waals surface area contributed by atoms with Crippen LogP contribution < -0.4 is 4.90 Å². The second-order valence-corrected chi connectivity index (χ2v) is 8.65. The van der Waals surface area contributed by atoms with Crippen molar-refractivity contribution in [3.05, 3.63) is 76.1 Å². The van der Waals surface area contributed by atoms with Gasteiger partial charge in [-0.25, -0.2) is 4.98 Å². The molecular formula is C23H25ClN4OS. The summed E-state index contributed by atoms with van der Waals surface area (Å²) < 4.78 is 4.53. The molecule has 4 rings (SSSR count). The van der Waals surface area contributed by atoms with Crippen LogP contribution in [-0.2, 0) is 12.8 Å². The van der Waals surface area contributed by atoms with E-state index in [2.05, 4.69) is 16.2 Å². The van der Waals surface area contributed by atoms with Gasteiger partial charge in [0.1, 0.15) is 5.82 Å². The molecule has 0 aliphatic carbocycles. The van der Waals surface area contributed by atoms with E-state index in [1.165, 1.54) is 17.1 Å². The molecule has 1 amide bonds. The maximum atomic E-state index is 12.9. The average Bonchev–Trinajstić information content (AvgIpc) is 3.09. The van der Waals surface area contributed by atoms with E-state index in [9.17, 15) is 4.79 Å². The van der Waals surface area contributed by atoms with Crippen molar-refractivity contribution in [2.75, 3.05) is 31.1 Å².